The summed E-state index contributed by atoms with van der Waals surface area (Å²) >= 11 is 0. The first-order valence-electron chi connectivity index (χ1n) is 6.26. The van der Waals surface area contributed by atoms with Crippen molar-refractivity contribution in [1.82, 2.24) is 10.2 Å². The number of aliphatic hydroxyl groups excluding tert-OH is 1. The Hall–Kier alpha value is -1.10. The zero-order valence-electron chi connectivity index (χ0n) is 10.2. The smallest absolute Gasteiger partial charge is 0.225 e. The maximum atomic E-state index is 11.8. The highest BCUT2D eigenvalue weighted by atomic mass is 16.3. The summed E-state index contributed by atoms with van der Waals surface area (Å²) in [6.45, 7) is 1.16. The van der Waals surface area contributed by atoms with Crippen molar-refractivity contribution in [3.8, 4) is 0 Å². The molecule has 2 aliphatic rings. The van der Waals surface area contributed by atoms with Crippen molar-refractivity contribution in [2.75, 3.05) is 20.1 Å². The average Bonchev–Trinajstić information content (AvgIpc) is 2.83. The van der Waals surface area contributed by atoms with E-state index in [1.54, 1.807) is 11.9 Å². The fourth-order valence-corrected chi connectivity index (χ4v) is 2.66. The fraction of sp³-hybridized carbons (Fsp3) is 0.833. The lowest BCUT2D eigenvalue weighted by molar-refractivity contribution is -0.128. The van der Waals surface area contributed by atoms with Gasteiger partial charge in [0.25, 0.3) is 0 Å². The van der Waals surface area contributed by atoms with Crippen LogP contribution in [0.3, 0.4) is 0 Å². The van der Waals surface area contributed by atoms with Crippen LogP contribution in [0.4, 0.5) is 0 Å². The minimum absolute atomic E-state index is 0.0240. The molecule has 2 fully saturated rings. The molecular formula is C12H20N2O3. The van der Waals surface area contributed by atoms with Crippen LogP contribution in [-0.4, -0.2) is 48.1 Å². The van der Waals surface area contributed by atoms with Crippen LogP contribution in [0.15, 0.2) is 0 Å². The minimum atomic E-state index is -0.198. The van der Waals surface area contributed by atoms with Gasteiger partial charge in [0.1, 0.15) is 0 Å². The van der Waals surface area contributed by atoms with Crippen LogP contribution in [0.2, 0.25) is 0 Å². The van der Waals surface area contributed by atoms with Crippen molar-refractivity contribution in [3.05, 3.63) is 0 Å². The molecule has 5 heteroatoms. The molecular weight excluding hydrogens is 220 g/mol. The van der Waals surface area contributed by atoms with E-state index in [1.807, 2.05) is 0 Å². The lowest BCUT2D eigenvalue weighted by Gasteiger charge is -2.14. The number of aliphatic hydroxyl groups is 1. The van der Waals surface area contributed by atoms with Gasteiger partial charge in [-0.05, 0) is 25.2 Å². The van der Waals surface area contributed by atoms with E-state index in [0.29, 0.717) is 25.4 Å². The molecule has 96 valence electrons. The standard InChI is InChI=1S/C12H20N2O3/c1-14-7-9(5-11(14)16)12(17)13-6-8-2-3-10(15)4-8/h8-10,15H,2-7H2,1H3,(H,13,17). The minimum Gasteiger partial charge on any atom is -0.393 e. The third-order valence-electron chi connectivity index (χ3n) is 3.79. The summed E-state index contributed by atoms with van der Waals surface area (Å²) in [6, 6.07) is 0. The molecule has 0 spiro atoms. The van der Waals surface area contributed by atoms with Crippen LogP contribution in [0.25, 0.3) is 0 Å². The second-order valence-corrected chi connectivity index (χ2v) is 5.25. The Balaban J connectivity index is 1.73. The lowest BCUT2D eigenvalue weighted by atomic mass is 10.1. The monoisotopic (exact) mass is 240 g/mol. The number of hydrogen-bond donors (Lipinski definition) is 2. The Morgan fingerprint density at radius 2 is 2.29 bits per heavy atom. The van der Waals surface area contributed by atoms with E-state index in [-0.39, 0.29) is 23.8 Å². The van der Waals surface area contributed by atoms with E-state index in [1.165, 1.54) is 0 Å². The van der Waals surface area contributed by atoms with Crippen LogP contribution < -0.4 is 5.32 Å². The van der Waals surface area contributed by atoms with Crippen LogP contribution in [0.5, 0.6) is 0 Å². The zero-order chi connectivity index (χ0) is 12.4. The molecule has 0 aromatic carbocycles. The van der Waals surface area contributed by atoms with E-state index >= 15 is 0 Å². The van der Waals surface area contributed by atoms with Crippen molar-refractivity contribution < 1.29 is 14.7 Å². The summed E-state index contributed by atoms with van der Waals surface area (Å²) in [5.41, 5.74) is 0. The van der Waals surface area contributed by atoms with E-state index in [0.717, 1.165) is 19.3 Å². The molecule has 2 rings (SSSR count). The predicted molar refractivity (Wildman–Crippen MR) is 62.1 cm³/mol. The highest BCUT2D eigenvalue weighted by molar-refractivity contribution is 5.89. The normalized spacial score (nSPS) is 33.2. The number of nitrogens with one attached hydrogen (secondary N) is 1. The Bertz CT molecular complexity index is 319. The van der Waals surface area contributed by atoms with Crippen LogP contribution in [0.1, 0.15) is 25.7 Å². The maximum Gasteiger partial charge on any atom is 0.225 e. The van der Waals surface area contributed by atoms with Gasteiger partial charge in [0.05, 0.1) is 12.0 Å². The number of carbonyl (C=O) groups is 2. The van der Waals surface area contributed by atoms with E-state index in [9.17, 15) is 14.7 Å². The number of rotatable bonds is 3. The first-order valence-corrected chi connectivity index (χ1v) is 6.26. The zero-order valence-corrected chi connectivity index (χ0v) is 10.2. The van der Waals surface area contributed by atoms with Crippen molar-refractivity contribution in [2.45, 2.75) is 31.8 Å². The average molecular weight is 240 g/mol. The molecule has 3 unspecified atom stereocenters. The Morgan fingerprint density at radius 1 is 1.53 bits per heavy atom. The fourth-order valence-electron chi connectivity index (χ4n) is 2.66. The summed E-state index contributed by atoms with van der Waals surface area (Å²) in [4.78, 5) is 24.7. The third-order valence-corrected chi connectivity index (χ3v) is 3.79. The first kappa shape index (κ1) is 12.4. The van der Waals surface area contributed by atoms with Gasteiger partial charge in [-0.1, -0.05) is 0 Å². The molecule has 0 radical (unpaired) electrons. The number of hydrogen-bond acceptors (Lipinski definition) is 3. The van der Waals surface area contributed by atoms with Gasteiger partial charge in [-0.2, -0.15) is 0 Å². The Morgan fingerprint density at radius 3 is 2.82 bits per heavy atom. The number of likely N-dealkylation sites (tertiary alicyclic amines) is 1. The molecule has 0 aromatic rings. The molecule has 2 N–H and O–H groups in total. The second-order valence-electron chi connectivity index (χ2n) is 5.25. The molecule has 5 nitrogen and oxygen atoms in total. The quantitative estimate of drug-likeness (QED) is 0.714. The number of nitrogens with zero attached hydrogens (tertiary/aromatic N) is 1. The highest BCUT2D eigenvalue weighted by Crippen LogP contribution is 2.24. The Labute approximate surface area is 101 Å². The first-order chi connectivity index (χ1) is 8.06. The van der Waals surface area contributed by atoms with Gasteiger partial charge in [-0.15, -0.1) is 0 Å². The molecule has 2 amide bonds. The number of amides is 2. The Kier molecular flexibility index (Phi) is 3.66. The lowest BCUT2D eigenvalue weighted by Crippen LogP contribution is -2.35. The van der Waals surface area contributed by atoms with E-state index in [4.69, 9.17) is 0 Å². The van der Waals surface area contributed by atoms with Crippen molar-refractivity contribution in [1.29, 1.82) is 0 Å². The van der Waals surface area contributed by atoms with Gasteiger partial charge < -0.3 is 15.3 Å². The van der Waals surface area contributed by atoms with E-state index < -0.39 is 0 Å². The summed E-state index contributed by atoms with van der Waals surface area (Å²) in [5, 5.41) is 12.3. The van der Waals surface area contributed by atoms with Crippen molar-refractivity contribution in [3.63, 3.8) is 0 Å². The molecule has 1 aliphatic heterocycles. The second kappa shape index (κ2) is 5.04. The molecule has 1 saturated heterocycles. The van der Waals surface area contributed by atoms with Crippen LogP contribution >= 0.6 is 0 Å². The van der Waals surface area contributed by atoms with Gasteiger partial charge in [0.15, 0.2) is 0 Å². The van der Waals surface area contributed by atoms with Gasteiger partial charge in [-0.25, -0.2) is 0 Å². The van der Waals surface area contributed by atoms with Crippen molar-refractivity contribution in [2.24, 2.45) is 11.8 Å². The molecule has 3 atom stereocenters. The summed E-state index contributed by atoms with van der Waals surface area (Å²) in [5.74, 6) is 0.216. The summed E-state index contributed by atoms with van der Waals surface area (Å²) in [7, 11) is 1.73. The summed E-state index contributed by atoms with van der Waals surface area (Å²) in [6.07, 6.45) is 2.73. The van der Waals surface area contributed by atoms with E-state index in [2.05, 4.69) is 5.32 Å². The van der Waals surface area contributed by atoms with Crippen molar-refractivity contribution >= 4 is 11.8 Å². The number of carbonyl (C=O) groups excluding carboxylic acids is 2. The molecule has 0 bridgehead atoms. The van der Waals surface area contributed by atoms with Gasteiger partial charge in [0, 0.05) is 26.6 Å². The third kappa shape index (κ3) is 2.97. The largest absolute Gasteiger partial charge is 0.393 e. The van der Waals surface area contributed by atoms with Gasteiger partial charge in [-0.3, -0.25) is 9.59 Å². The summed E-state index contributed by atoms with van der Waals surface area (Å²) < 4.78 is 0. The molecule has 17 heavy (non-hydrogen) atoms. The predicted octanol–water partition coefficient (Wildman–Crippen LogP) is -0.258. The van der Waals surface area contributed by atoms with Gasteiger partial charge in [0.2, 0.25) is 11.8 Å². The van der Waals surface area contributed by atoms with Crippen LogP contribution in [-0.2, 0) is 9.59 Å². The molecule has 1 saturated carbocycles. The maximum absolute atomic E-state index is 11.8. The molecule has 1 heterocycles. The topological polar surface area (TPSA) is 69.6 Å². The molecule has 0 aromatic heterocycles. The molecule has 1 aliphatic carbocycles. The van der Waals surface area contributed by atoms with Gasteiger partial charge >= 0.3 is 0 Å². The highest BCUT2D eigenvalue weighted by Gasteiger charge is 2.32. The van der Waals surface area contributed by atoms with Crippen LogP contribution in [0, 0.1) is 11.8 Å². The SMILES string of the molecule is CN1CC(C(=O)NCC2CCC(O)C2)CC1=O.